The van der Waals surface area contributed by atoms with Crippen LogP contribution in [0.1, 0.15) is 32.1 Å². The standard InChI is InChI=1S/C20H20N4O4/c1-13-14(2)24(22-21-13)23(19(25)15-5-9-17(27-3)10-6-15)20(26)16-7-11-18(28-4)12-8-16/h5-12H,1-4H3. The Morgan fingerprint density at radius 2 is 1.25 bits per heavy atom. The minimum atomic E-state index is -0.531. The molecule has 8 heteroatoms. The summed E-state index contributed by atoms with van der Waals surface area (Å²) in [5.41, 5.74) is 1.84. The molecule has 2 amide bonds. The van der Waals surface area contributed by atoms with Gasteiger partial charge in [0.15, 0.2) is 0 Å². The first-order valence-electron chi connectivity index (χ1n) is 8.52. The number of carbonyl (C=O) groups is 2. The minimum Gasteiger partial charge on any atom is -0.497 e. The van der Waals surface area contributed by atoms with E-state index in [1.165, 1.54) is 19.0 Å². The lowest BCUT2D eigenvalue weighted by molar-refractivity contribution is 0.0846. The van der Waals surface area contributed by atoms with Crippen LogP contribution in [-0.4, -0.2) is 41.1 Å². The van der Waals surface area contributed by atoms with Gasteiger partial charge in [0.2, 0.25) is 0 Å². The summed E-state index contributed by atoms with van der Waals surface area (Å²) in [4.78, 5) is 27.6. The van der Waals surface area contributed by atoms with E-state index in [-0.39, 0.29) is 0 Å². The molecule has 0 spiro atoms. The molecule has 0 atom stereocenters. The summed E-state index contributed by atoms with van der Waals surface area (Å²) in [5, 5.41) is 8.92. The van der Waals surface area contributed by atoms with E-state index in [1.807, 2.05) is 0 Å². The number of nitrogens with zero attached hydrogens (tertiary/aromatic N) is 4. The summed E-state index contributed by atoms with van der Waals surface area (Å²) in [5.74, 6) is 0.155. The Kier molecular flexibility index (Phi) is 5.39. The lowest BCUT2D eigenvalue weighted by atomic mass is 10.1. The first-order valence-corrected chi connectivity index (χ1v) is 8.52. The number of hydrogen-bond donors (Lipinski definition) is 0. The number of ether oxygens (including phenoxy) is 2. The number of methoxy groups -OCH3 is 2. The Morgan fingerprint density at radius 1 is 0.821 bits per heavy atom. The average Bonchev–Trinajstić information content (AvgIpc) is 3.06. The monoisotopic (exact) mass is 380 g/mol. The Hall–Kier alpha value is -3.68. The molecular weight excluding hydrogens is 360 g/mol. The summed E-state index contributed by atoms with van der Waals surface area (Å²) >= 11 is 0. The molecule has 144 valence electrons. The van der Waals surface area contributed by atoms with Gasteiger partial charge in [-0.25, -0.2) is 0 Å². The molecule has 8 nitrogen and oxygen atoms in total. The number of imide groups is 1. The smallest absolute Gasteiger partial charge is 0.281 e. The Bertz CT molecular complexity index is 935. The van der Waals surface area contributed by atoms with E-state index in [0.717, 1.165) is 5.01 Å². The Balaban J connectivity index is 2.04. The van der Waals surface area contributed by atoms with E-state index < -0.39 is 11.8 Å². The van der Waals surface area contributed by atoms with Crippen LogP contribution < -0.4 is 14.5 Å². The number of aryl methyl sites for hydroxylation is 1. The number of rotatable bonds is 5. The fourth-order valence-electron chi connectivity index (χ4n) is 2.56. The molecule has 0 aliphatic carbocycles. The highest BCUT2D eigenvalue weighted by Crippen LogP contribution is 2.17. The zero-order valence-electron chi connectivity index (χ0n) is 16.0. The van der Waals surface area contributed by atoms with Crippen LogP contribution in [-0.2, 0) is 0 Å². The van der Waals surface area contributed by atoms with Crippen molar-refractivity contribution in [1.29, 1.82) is 0 Å². The SMILES string of the molecule is COc1ccc(C(=O)N(C(=O)c2ccc(OC)cc2)n2nnc(C)c2C)cc1. The summed E-state index contributed by atoms with van der Waals surface area (Å²) in [6, 6.07) is 13.0. The molecule has 3 rings (SSSR count). The van der Waals surface area contributed by atoms with Crippen LogP contribution in [0, 0.1) is 13.8 Å². The van der Waals surface area contributed by atoms with Gasteiger partial charge < -0.3 is 9.47 Å². The highest BCUT2D eigenvalue weighted by atomic mass is 16.5. The first-order chi connectivity index (χ1) is 13.5. The zero-order valence-corrected chi connectivity index (χ0v) is 16.0. The lowest BCUT2D eigenvalue weighted by Crippen LogP contribution is -2.46. The van der Waals surface area contributed by atoms with E-state index in [4.69, 9.17) is 9.47 Å². The van der Waals surface area contributed by atoms with Crippen molar-refractivity contribution in [2.75, 3.05) is 19.2 Å². The molecule has 1 heterocycles. The normalized spacial score (nSPS) is 10.4. The molecule has 0 aliphatic heterocycles. The van der Waals surface area contributed by atoms with Crippen molar-refractivity contribution < 1.29 is 19.1 Å². The van der Waals surface area contributed by atoms with Gasteiger partial charge in [0.25, 0.3) is 11.8 Å². The highest BCUT2D eigenvalue weighted by Gasteiger charge is 2.29. The maximum absolute atomic E-state index is 13.2. The van der Waals surface area contributed by atoms with Crippen molar-refractivity contribution in [1.82, 2.24) is 15.1 Å². The third-order valence-electron chi connectivity index (χ3n) is 4.35. The predicted octanol–water partition coefficient (Wildman–Crippen LogP) is 2.53. The molecule has 3 aromatic rings. The van der Waals surface area contributed by atoms with Crippen molar-refractivity contribution in [2.45, 2.75) is 13.8 Å². The number of hydrogen-bond acceptors (Lipinski definition) is 6. The first kappa shape index (κ1) is 19.1. The zero-order chi connectivity index (χ0) is 20.3. The van der Waals surface area contributed by atoms with Gasteiger partial charge in [-0.2, -0.15) is 5.01 Å². The van der Waals surface area contributed by atoms with E-state index >= 15 is 0 Å². The summed E-state index contributed by atoms with van der Waals surface area (Å²) in [6.45, 7) is 3.50. The van der Waals surface area contributed by atoms with Gasteiger partial charge in [0, 0.05) is 11.1 Å². The number of carbonyl (C=O) groups excluding carboxylic acids is 2. The van der Waals surface area contributed by atoms with Crippen molar-refractivity contribution in [3.05, 3.63) is 71.0 Å². The molecule has 0 bridgehead atoms. The van der Waals surface area contributed by atoms with Crippen LogP contribution in [0.5, 0.6) is 11.5 Å². The molecule has 0 saturated heterocycles. The molecule has 0 unspecified atom stereocenters. The van der Waals surface area contributed by atoms with E-state index in [1.54, 1.807) is 62.4 Å². The van der Waals surface area contributed by atoms with Gasteiger partial charge in [0.05, 0.1) is 25.6 Å². The van der Waals surface area contributed by atoms with Crippen molar-refractivity contribution >= 4 is 11.8 Å². The quantitative estimate of drug-likeness (QED) is 0.632. The fourth-order valence-corrected chi connectivity index (χ4v) is 2.56. The number of amides is 2. The van der Waals surface area contributed by atoms with Crippen LogP contribution in [0.25, 0.3) is 0 Å². The Morgan fingerprint density at radius 3 is 1.57 bits per heavy atom. The van der Waals surface area contributed by atoms with Gasteiger partial charge in [-0.3, -0.25) is 9.59 Å². The third-order valence-corrected chi connectivity index (χ3v) is 4.35. The second kappa shape index (κ2) is 7.91. The summed E-state index contributed by atoms with van der Waals surface area (Å²) < 4.78 is 10.2. The van der Waals surface area contributed by atoms with Gasteiger partial charge >= 0.3 is 0 Å². The third kappa shape index (κ3) is 3.57. The maximum Gasteiger partial charge on any atom is 0.281 e. The molecule has 2 aromatic carbocycles. The average molecular weight is 380 g/mol. The van der Waals surface area contributed by atoms with E-state index in [2.05, 4.69) is 10.3 Å². The van der Waals surface area contributed by atoms with Crippen molar-refractivity contribution in [2.24, 2.45) is 0 Å². The van der Waals surface area contributed by atoms with Crippen LogP contribution in [0.3, 0.4) is 0 Å². The predicted molar refractivity (Wildman–Crippen MR) is 102 cm³/mol. The molecule has 0 aliphatic rings. The number of aromatic nitrogens is 3. The van der Waals surface area contributed by atoms with Crippen LogP contribution in [0.2, 0.25) is 0 Å². The summed E-state index contributed by atoms with van der Waals surface area (Å²) in [6.07, 6.45) is 0. The number of benzene rings is 2. The van der Waals surface area contributed by atoms with Crippen LogP contribution >= 0.6 is 0 Å². The highest BCUT2D eigenvalue weighted by molar-refractivity contribution is 6.20. The Labute approximate surface area is 162 Å². The molecular formula is C20H20N4O4. The lowest BCUT2D eigenvalue weighted by Gasteiger charge is -2.21. The minimum absolute atomic E-state index is 0.315. The van der Waals surface area contributed by atoms with Gasteiger partial charge in [-0.05, 0) is 67.6 Å². The molecule has 0 N–H and O–H groups in total. The van der Waals surface area contributed by atoms with Crippen LogP contribution in [0.4, 0.5) is 0 Å². The molecule has 0 saturated carbocycles. The molecule has 28 heavy (non-hydrogen) atoms. The second-order valence-electron chi connectivity index (χ2n) is 6.03. The summed E-state index contributed by atoms with van der Waals surface area (Å²) in [7, 11) is 3.08. The van der Waals surface area contributed by atoms with Gasteiger partial charge in [-0.15, -0.1) is 9.89 Å². The van der Waals surface area contributed by atoms with Crippen molar-refractivity contribution in [3.63, 3.8) is 0 Å². The maximum atomic E-state index is 13.2. The fraction of sp³-hybridized carbons (Fsp3) is 0.200. The van der Waals surface area contributed by atoms with E-state index in [9.17, 15) is 9.59 Å². The van der Waals surface area contributed by atoms with Gasteiger partial charge in [-0.1, -0.05) is 0 Å². The van der Waals surface area contributed by atoms with Crippen LogP contribution in [0.15, 0.2) is 48.5 Å². The molecule has 1 aromatic heterocycles. The topological polar surface area (TPSA) is 86.5 Å². The van der Waals surface area contributed by atoms with Gasteiger partial charge in [0.1, 0.15) is 11.5 Å². The largest absolute Gasteiger partial charge is 0.497 e. The van der Waals surface area contributed by atoms with Crippen molar-refractivity contribution in [3.8, 4) is 11.5 Å². The molecule has 0 radical (unpaired) electrons. The van der Waals surface area contributed by atoms with E-state index in [0.29, 0.717) is 34.0 Å². The second-order valence-corrected chi connectivity index (χ2v) is 6.03. The molecule has 0 fully saturated rings.